The van der Waals surface area contributed by atoms with E-state index in [2.05, 4.69) is 16.0 Å². The second-order valence-electron chi connectivity index (χ2n) is 4.56. The molecule has 0 spiro atoms. The summed E-state index contributed by atoms with van der Waals surface area (Å²) in [5.74, 6) is 2.49. The predicted molar refractivity (Wildman–Crippen MR) is 81.7 cm³/mol. The van der Waals surface area contributed by atoms with Crippen molar-refractivity contribution in [3.05, 3.63) is 29.8 Å². The van der Waals surface area contributed by atoms with Crippen LogP contribution in [0.1, 0.15) is 32.3 Å². The van der Waals surface area contributed by atoms with Gasteiger partial charge in [0.1, 0.15) is 0 Å². The van der Waals surface area contributed by atoms with E-state index < -0.39 is 10.0 Å². The molecule has 0 radical (unpaired) electrons. The van der Waals surface area contributed by atoms with Gasteiger partial charge in [0, 0.05) is 19.0 Å². The molecule has 0 aliphatic rings. The zero-order valence-electron chi connectivity index (χ0n) is 12.0. The molecule has 20 heavy (non-hydrogen) atoms. The predicted octanol–water partition coefficient (Wildman–Crippen LogP) is 1.88. The topological polar surface area (TPSA) is 58.2 Å². The average molecular weight is 294 g/mol. The van der Waals surface area contributed by atoms with Gasteiger partial charge in [-0.2, -0.15) is 0 Å². The molecule has 4 nitrogen and oxygen atoms in total. The van der Waals surface area contributed by atoms with Gasteiger partial charge >= 0.3 is 0 Å². The number of hydrogen-bond donors (Lipinski definition) is 2. The lowest BCUT2D eigenvalue weighted by Crippen LogP contribution is -2.34. The third-order valence-electron chi connectivity index (χ3n) is 2.99. The molecule has 2 N–H and O–H groups in total. The standard InChI is InChI=1S/C15H22N2O2S/c1-4-7-14(5-2)17-20(18,19)15-10-8-13(9-11-15)12-16-6-3/h1,8-11,14,16-17H,5-7,12H2,2-3H3. The second-order valence-corrected chi connectivity index (χ2v) is 6.27. The van der Waals surface area contributed by atoms with Crippen LogP contribution in [0.3, 0.4) is 0 Å². The number of hydrogen-bond acceptors (Lipinski definition) is 3. The summed E-state index contributed by atoms with van der Waals surface area (Å²) >= 11 is 0. The molecule has 0 heterocycles. The van der Waals surface area contributed by atoms with E-state index in [1.54, 1.807) is 12.1 Å². The monoisotopic (exact) mass is 294 g/mol. The molecule has 5 heteroatoms. The van der Waals surface area contributed by atoms with Gasteiger partial charge in [-0.15, -0.1) is 12.3 Å². The number of benzene rings is 1. The summed E-state index contributed by atoms with van der Waals surface area (Å²) < 4.78 is 27.0. The molecule has 0 aliphatic heterocycles. The lowest BCUT2D eigenvalue weighted by molar-refractivity contribution is 0.544. The highest BCUT2D eigenvalue weighted by molar-refractivity contribution is 7.89. The van der Waals surface area contributed by atoms with Gasteiger partial charge in [-0.1, -0.05) is 26.0 Å². The van der Waals surface area contributed by atoms with Crippen LogP contribution in [-0.4, -0.2) is 21.0 Å². The van der Waals surface area contributed by atoms with E-state index in [0.29, 0.717) is 12.8 Å². The lowest BCUT2D eigenvalue weighted by Gasteiger charge is -2.14. The third-order valence-corrected chi connectivity index (χ3v) is 4.53. The molecule has 0 fully saturated rings. The number of sulfonamides is 1. The van der Waals surface area contributed by atoms with Crippen molar-refractivity contribution in [1.82, 2.24) is 10.0 Å². The molecule has 0 amide bonds. The lowest BCUT2D eigenvalue weighted by atomic mass is 10.2. The van der Waals surface area contributed by atoms with Crippen LogP contribution in [0.2, 0.25) is 0 Å². The summed E-state index contributed by atoms with van der Waals surface area (Å²) in [4.78, 5) is 0.271. The molecule has 1 unspecified atom stereocenters. The highest BCUT2D eigenvalue weighted by Gasteiger charge is 2.18. The van der Waals surface area contributed by atoms with Gasteiger partial charge in [-0.05, 0) is 30.7 Å². The molecule has 0 saturated carbocycles. The molecule has 0 saturated heterocycles. The quantitative estimate of drug-likeness (QED) is 0.720. The maximum absolute atomic E-state index is 12.2. The Morgan fingerprint density at radius 2 is 1.90 bits per heavy atom. The summed E-state index contributed by atoms with van der Waals surface area (Å²) in [7, 11) is -3.50. The summed E-state index contributed by atoms with van der Waals surface area (Å²) in [6.07, 6.45) is 6.30. The molecule has 1 aromatic rings. The third kappa shape index (κ3) is 4.97. The minimum Gasteiger partial charge on any atom is -0.313 e. The van der Waals surface area contributed by atoms with Crippen LogP contribution in [0.4, 0.5) is 0 Å². The first-order valence-electron chi connectivity index (χ1n) is 6.79. The number of terminal acetylenes is 1. The summed E-state index contributed by atoms with van der Waals surface area (Å²) in [6.45, 7) is 5.55. The van der Waals surface area contributed by atoms with Crippen molar-refractivity contribution in [3.63, 3.8) is 0 Å². The molecule has 1 rings (SSSR count). The van der Waals surface area contributed by atoms with Crippen LogP contribution < -0.4 is 10.0 Å². The van der Waals surface area contributed by atoms with E-state index in [1.165, 1.54) is 0 Å². The summed E-state index contributed by atoms with van der Waals surface area (Å²) in [5.41, 5.74) is 1.06. The van der Waals surface area contributed by atoms with Crippen LogP contribution in [0.25, 0.3) is 0 Å². The Hall–Kier alpha value is -1.35. The Labute approximate surface area is 122 Å². The van der Waals surface area contributed by atoms with Crippen molar-refractivity contribution >= 4 is 10.0 Å². The van der Waals surface area contributed by atoms with Gasteiger partial charge < -0.3 is 5.32 Å². The van der Waals surface area contributed by atoms with Crippen LogP contribution in [0.5, 0.6) is 0 Å². The molecule has 1 atom stereocenters. The molecule has 0 aromatic heterocycles. The minimum absolute atomic E-state index is 0.216. The van der Waals surface area contributed by atoms with Crippen LogP contribution >= 0.6 is 0 Å². The normalized spacial score (nSPS) is 12.8. The highest BCUT2D eigenvalue weighted by atomic mass is 32.2. The van der Waals surface area contributed by atoms with Crippen LogP contribution in [-0.2, 0) is 16.6 Å². The molecular formula is C15H22N2O2S. The first kappa shape index (κ1) is 16.7. The van der Waals surface area contributed by atoms with Gasteiger partial charge in [-0.3, -0.25) is 0 Å². The maximum Gasteiger partial charge on any atom is 0.240 e. The summed E-state index contributed by atoms with van der Waals surface area (Å²) in [6, 6.07) is 6.67. The number of nitrogens with one attached hydrogen (secondary N) is 2. The zero-order valence-corrected chi connectivity index (χ0v) is 12.8. The highest BCUT2D eigenvalue weighted by Crippen LogP contribution is 2.12. The molecular weight excluding hydrogens is 272 g/mol. The van der Waals surface area contributed by atoms with Crippen molar-refractivity contribution in [3.8, 4) is 12.3 Å². The van der Waals surface area contributed by atoms with Crippen LogP contribution in [0, 0.1) is 12.3 Å². The van der Waals surface area contributed by atoms with Crippen molar-refractivity contribution in [2.45, 2.75) is 44.2 Å². The van der Waals surface area contributed by atoms with Crippen LogP contribution in [0.15, 0.2) is 29.2 Å². The molecule has 110 valence electrons. The summed E-state index contributed by atoms with van der Waals surface area (Å²) in [5, 5.41) is 3.19. The van der Waals surface area contributed by atoms with Crippen molar-refractivity contribution in [2.75, 3.05) is 6.54 Å². The van der Waals surface area contributed by atoms with Crippen molar-refractivity contribution in [1.29, 1.82) is 0 Å². The van der Waals surface area contributed by atoms with E-state index >= 15 is 0 Å². The molecule has 0 aliphatic carbocycles. The average Bonchev–Trinajstić information content (AvgIpc) is 2.45. The first-order valence-corrected chi connectivity index (χ1v) is 8.27. The van der Waals surface area contributed by atoms with Gasteiger partial charge in [0.15, 0.2) is 0 Å². The van der Waals surface area contributed by atoms with Gasteiger partial charge in [-0.25, -0.2) is 13.1 Å². The first-order chi connectivity index (χ1) is 9.53. The fourth-order valence-electron chi connectivity index (χ4n) is 1.75. The Kier molecular flexibility index (Phi) is 6.73. The molecule has 0 bridgehead atoms. The molecule has 1 aromatic carbocycles. The maximum atomic E-state index is 12.2. The second kappa shape index (κ2) is 8.05. The van der Waals surface area contributed by atoms with Crippen molar-refractivity contribution < 1.29 is 8.42 Å². The Balaban J connectivity index is 2.79. The van der Waals surface area contributed by atoms with E-state index in [1.807, 2.05) is 26.0 Å². The Bertz CT molecular complexity index is 544. The van der Waals surface area contributed by atoms with E-state index in [0.717, 1.165) is 18.7 Å². The zero-order chi connectivity index (χ0) is 15.0. The van der Waals surface area contributed by atoms with Gasteiger partial charge in [0.2, 0.25) is 10.0 Å². The Morgan fingerprint density at radius 1 is 1.25 bits per heavy atom. The van der Waals surface area contributed by atoms with Crippen molar-refractivity contribution in [2.24, 2.45) is 0 Å². The SMILES string of the molecule is C#CCC(CC)NS(=O)(=O)c1ccc(CNCC)cc1. The van der Waals surface area contributed by atoms with E-state index in [9.17, 15) is 8.42 Å². The number of rotatable bonds is 8. The fourth-order valence-corrected chi connectivity index (χ4v) is 3.07. The van der Waals surface area contributed by atoms with Gasteiger partial charge in [0.05, 0.1) is 4.90 Å². The van der Waals surface area contributed by atoms with E-state index in [4.69, 9.17) is 6.42 Å². The fraction of sp³-hybridized carbons (Fsp3) is 0.467. The largest absolute Gasteiger partial charge is 0.313 e. The smallest absolute Gasteiger partial charge is 0.240 e. The Morgan fingerprint density at radius 3 is 2.40 bits per heavy atom. The van der Waals surface area contributed by atoms with E-state index in [-0.39, 0.29) is 10.9 Å². The minimum atomic E-state index is -3.50. The van der Waals surface area contributed by atoms with Gasteiger partial charge in [0.25, 0.3) is 0 Å².